The maximum Gasteiger partial charge on any atom is 0.321 e. The summed E-state index contributed by atoms with van der Waals surface area (Å²) in [7, 11) is 0. The fourth-order valence-corrected chi connectivity index (χ4v) is 11.0. The van der Waals surface area contributed by atoms with Gasteiger partial charge in [-0.3, -0.25) is 0 Å². The van der Waals surface area contributed by atoms with Crippen LogP contribution in [0.4, 0.5) is 34.4 Å². The smallest absolute Gasteiger partial charge is 0.321 e. The molecule has 0 saturated heterocycles. The van der Waals surface area contributed by atoms with Gasteiger partial charge in [-0.1, -0.05) is 100 Å². The first-order chi connectivity index (χ1) is 25.3. The van der Waals surface area contributed by atoms with Gasteiger partial charge in [0.05, 0.1) is 23.5 Å². The van der Waals surface area contributed by atoms with E-state index in [1.807, 2.05) is 0 Å². The molecule has 0 N–H and O–H groups in total. The Kier molecular flexibility index (Phi) is 4.48. The van der Waals surface area contributed by atoms with Crippen LogP contribution < -0.4 is 23.7 Å². The molecule has 8 heterocycles. The lowest BCUT2D eigenvalue weighted by atomic mass is 9.68. The van der Waals surface area contributed by atoms with Gasteiger partial charge in [0, 0.05) is 33.1 Å². The van der Waals surface area contributed by atoms with Crippen molar-refractivity contribution >= 4 is 34.4 Å². The largest absolute Gasteiger partial charge is 0.456 e. The monoisotopic (exact) mass is 670 g/mol. The Hall–Kier alpha value is -6.20. The SMILES string of the molecule is CC1(C)c2cccc3c2N2c4c1ccc1c4C4(c5c(cccc5N5c6ccccc6C(C)(C)c6ccc[n+]4c65)O1)[n+]1cccc(c12)-c1ccccc1-3. The number of para-hydroxylation sites is 2. The standard InChI is InChI=1S/C47H34N4O/c1-45(2)31-17-7-8-20-35(31)50-36-21-10-22-37-39(36)47(49-26-12-19-34(45)44(49)50)40-38(52-37)24-23-33-42(40)51-41-29(15-9-18-32(41)46(33,3)4)27-13-5-6-14-28(27)30-16-11-25-48(47)43(30)51/h5-26H,1-4H3/q+2. The van der Waals surface area contributed by atoms with E-state index in [1.54, 1.807) is 0 Å². The quantitative estimate of drug-likeness (QED) is 0.150. The Morgan fingerprint density at radius 1 is 0.442 bits per heavy atom. The van der Waals surface area contributed by atoms with Gasteiger partial charge < -0.3 is 4.74 Å². The molecule has 0 fully saturated rings. The van der Waals surface area contributed by atoms with E-state index in [4.69, 9.17) is 4.74 Å². The number of benzene rings is 5. The predicted molar refractivity (Wildman–Crippen MR) is 203 cm³/mol. The zero-order valence-electron chi connectivity index (χ0n) is 29.4. The number of pyridine rings is 2. The summed E-state index contributed by atoms with van der Waals surface area (Å²) in [5.41, 5.74) is 16.2. The Morgan fingerprint density at radius 3 is 1.90 bits per heavy atom. The predicted octanol–water partition coefficient (Wildman–Crippen LogP) is 10.2. The molecule has 0 bridgehead atoms. The minimum atomic E-state index is -0.793. The lowest BCUT2D eigenvalue weighted by molar-refractivity contribution is -0.962. The van der Waals surface area contributed by atoms with Crippen molar-refractivity contribution in [2.45, 2.75) is 44.2 Å². The molecule has 2 aromatic heterocycles. The highest BCUT2D eigenvalue weighted by atomic mass is 16.5. The van der Waals surface area contributed by atoms with Crippen molar-refractivity contribution in [3.05, 3.63) is 167 Å². The fraction of sp³-hybridized carbons (Fsp3) is 0.149. The Balaban J connectivity index is 1.30. The molecule has 1 atom stereocenters. The Labute approximate surface area is 302 Å². The van der Waals surface area contributed by atoms with Crippen LogP contribution in [0.2, 0.25) is 0 Å². The van der Waals surface area contributed by atoms with E-state index in [9.17, 15) is 0 Å². The van der Waals surface area contributed by atoms with Gasteiger partial charge in [0.1, 0.15) is 39.7 Å². The van der Waals surface area contributed by atoms with Crippen molar-refractivity contribution in [1.82, 2.24) is 0 Å². The van der Waals surface area contributed by atoms with Gasteiger partial charge >= 0.3 is 5.66 Å². The van der Waals surface area contributed by atoms with Crippen LogP contribution in [-0.4, -0.2) is 0 Å². The summed E-state index contributed by atoms with van der Waals surface area (Å²) in [5, 5.41) is 0. The maximum atomic E-state index is 7.15. The van der Waals surface area contributed by atoms with Crippen molar-refractivity contribution in [2.75, 3.05) is 9.80 Å². The maximum absolute atomic E-state index is 7.15. The van der Waals surface area contributed by atoms with Crippen LogP contribution >= 0.6 is 0 Å². The second-order valence-corrected chi connectivity index (χ2v) is 16.2. The molecule has 5 heteroatoms. The van der Waals surface area contributed by atoms with Crippen molar-refractivity contribution in [2.24, 2.45) is 0 Å². The van der Waals surface area contributed by atoms with Gasteiger partial charge in [-0.2, -0.15) is 18.9 Å². The first kappa shape index (κ1) is 27.5. The first-order valence-corrected chi connectivity index (χ1v) is 18.4. The molecule has 5 nitrogen and oxygen atoms in total. The van der Waals surface area contributed by atoms with Crippen molar-refractivity contribution in [1.29, 1.82) is 0 Å². The number of anilines is 6. The van der Waals surface area contributed by atoms with Crippen molar-refractivity contribution < 1.29 is 13.9 Å². The van der Waals surface area contributed by atoms with Crippen LogP contribution in [0, 0.1) is 0 Å². The van der Waals surface area contributed by atoms with Crippen LogP contribution in [0.15, 0.2) is 134 Å². The molecule has 13 rings (SSSR count). The van der Waals surface area contributed by atoms with Gasteiger partial charge in [-0.25, -0.2) is 0 Å². The van der Waals surface area contributed by atoms with Crippen LogP contribution in [0.5, 0.6) is 11.5 Å². The zero-order chi connectivity index (χ0) is 34.5. The molecule has 7 aromatic rings. The van der Waals surface area contributed by atoms with E-state index in [2.05, 4.69) is 180 Å². The van der Waals surface area contributed by atoms with Gasteiger partial charge in [0.2, 0.25) is 0 Å². The van der Waals surface area contributed by atoms with E-state index >= 15 is 0 Å². The summed E-state index contributed by atoms with van der Waals surface area (Å²) < 4.78 is 12.3. The zero-order valence-corrected chi connectivity index (χ0v) is 29.4. The highest BCUT2D eigenvalue weighted by Gasteiger charge is 2.69. The number of rotatable bonds is 0. The second-order valence-electron chi connectivity index (χ2n) is 16.2. The van der Waals surface area contributed by atoms with Crippen LogP contribution in [0.3, 0.4) is 0 Å². The van der Waals surface area contributed by atoms with E-state index in [0.29, 0.717) is 0 Å². The summed E-state index contributed by atoms with van der Waals surface area (Å²) in [6.07, 6.45) is 4.65. The number of ether oxygens (including phenoxy) is 1. The minimum Gasteiger partial charge on any atom is -0.456 e. The number of nitrogens with zero attached hydrogens (tertiary/aromatic N) is 4. The lowest BCUT2D eigenvalue weighted by Gasteiger charge is -2.50. The summed E-state index contributed by atoms with van der Waals surface area (Å²) >= 11 is 0. The summed E-state index contributed by atoms with van der Waals surface area (Å²) in [5.74, 6) is 4.17. The molecule has 0 saturated carbocycles. The van der Waals surface area contributed by atoms with Crippen LogP contribution in [0.1, 0.15) is 61.1 Å². The molecule has 52 heavy (non-hydrogen) atoms. The van der Waals surface area contributed by atoms with Gasteiger partial charge in [-0.05, 0) is 59.7 Å². The van der Waals surface area contributed by atoms with Crippen molar-refractivity contribution in [3.8, 4) is 33.8 Å². The molecule has 0 radical (unpaired) electrons. The van der Waals surface area contributed by atoms with Crippen LogP contribution in [-0.2, 0) is 16.5 Å². The average Bonchev–Trinajstić information content (AvgIpc) is 3.29. The summed E-state index contributed by atoms with van der Waals surface area (Å²) in [6, 6.07) is 45.2. The number of hydrogen-bond acceptors (Lipinski definition) is 3. The average molecular weight is 671 g/mol. The molecule has 6 aliphatic rings. The lowest BCUT2D eigenvalue weighted by Crippen LogP contribution is -2.80. The normalized spacial score (nSPS) is 19.6. The van der Waals surface area contributed by atoms with E-state index in [0.717, 1.165) is 22.7 Å². The Bertz CT molecular complexity index is 2870. The third-order valence-corrected chi connectivity index (χ3v) is 13.2. The third-order valence-electron chi connectivity index (χ3n) is 13.2. The topological polar surface area (TPSA) is 23.5 Å². The number of hydrogen-bond donors (Lipinski definition) is 0. The molecule has 0 aliphatic carbocycles. The van der Waals surface area contributed by atoms with E-state index < -0.39 is 5.66 Å². The number of aromatic nitrogens is 2. The minimum absolute atomic E-state index is 0.227. The molecule has 1 spiro atoms. The number of fused-ring (bicyclic) bond motifs is 6. The van der Waals surface area contributed by atoms with E-state index in [-0.39, 0.29) is 10.8 Å². The van der Waals surface area contributed by atoms with E-state index in [1.165, 1.54) is 78.8 Å². The fourth-order valence-electron chi connectivity index (χ4n) is 11.0. The third kappa shape index (κ3) is 2.69. The summed E-state index contributed by atoms with van der Waals surface area (Å²) in [6.45, 7) is 9.56. The molecule has 6 aliphatic heterocycles. The van der Waals surface area contributed by atoms with Gasteiger partial charge in [0.25, 0.3) is 11.6 Å². The second kappa shape index (κ2) is 8.46. The molecule has 5 aromatic carbocycles. The first-order valence-electron chi connectivity index (χ1n) is 18.4. The van der Waals surface area contributed by atoms with Crippen LogP contribution in [0.25, 0.3) is 22.3 Å². The Morgan fingerprint density at radius 2 is 1.04 bits per heavy atom. The molecule has 1 unspecified atom stereocenters. The highest BCUT2D eigenvalue weighted by Crippen LogP contribution is 2.67. The molecular weight excluding hydrogens is 637 g/mol. The molecular formula is C47H34N4O+2. The molecule has 0 amide bonds. The molecule has 246 valence electrons. The highest BCUT2D eigenvalue weighted by molar-refractivity contribution is 6.05. The van der Waals surface area contributed by atoms with Gasteiger partial charge in [0.15, 0.2) is 5.69 Å². The summed E-state index contributed by atoms with van der Waals surface area (Å²) in [4.78, 5) is 5.11. The van der Waals surface area contributed by atoms with Crippen molar-refractivity contribution in [3.63, 3.8) is 0 Å². The van der Waals surface area contributed by atoms with Gasteiger partial charge in [-0.15, -0.1) is 0 Å².